The van der Waals surface area contributed by atoms with Gasteiger partial charge in [-0.3, -0.25) is 9.59 Å². The fourth-order valence-electron chi connectivity index (χ4n) is 3.33. The minimum atomic E-state index is -0.212. The van der Waals surface area contributed by atoms with Gasteiger partial charge in [-0.25, -0.2) is 0 Å². The van der Waals surface area contributed by atoms with Gasteiger partial charge < -0.3 is 15.3 Å². The number of hydrogen-bond acceptors (Lipinski definition) is 3. The van der Waals surface area contributed by atoms with Crippen LogP contribution in [0.1, 0.15) is 51.9 Å². The highest BCUT2D eigenvalue weighted by Gasteiger charge is 2.38. The second kappa shape index (κ2) is 7.07. The second-order valence-electron chi connectivity index (χ2n) is 6.01. The zero-order valence-electron chi connectivity index (χ0n) is 12.3. The first-order chi connectivity index (χ1) is 9.65. The van der Waals surface area contributed by atoms with Crippen molar-refractivity contribution in [3.63, 3.8) is 0 Å². The first kappa shape index (κ1) is 15.3. The maximum absolute atomic E-state index is 12.2. The van der Waals surface area contributed by atoms with Crippen LogP contribution in [0.15, 0.2) is 0 Å². The van der Waals surface area contributed by atoms with Crippen molar-refractivity contribution < 1.29 is 14.7 Å². The Kier molecular flexibility index (Phi) is 5.40. The van der Waals surface area contributed by atoms with E-state index >= 15 is 0 Å². The molecule has 0 radical (unpaired) electrons. The molecule has 1 aliphatic heterocycles. The monoisotopic (exact) mass is 282 g/mol. The molecule has 2 unspecified atom stereocenters. The molecule has 0 bridgehead atoms. The molecule has 5 heteroatoms. The molecule has 2 N–H and O–H groups in total. The minimum Gasteiger partial charge on any atom is -0.396 e. The highest BCUT2D eigenvalue weighted by atomic mass is 16.3. The van der Waals surface area contributed by atoms with Gasteiger partial charge >= 0.3 is 0 Å². The number of hydrogen-bond donors (Lipinski definition) is 2. The molecule has 2 atom stereocenters. The summed E-state index contributed by atoms with van der Waals surface area (Å²) in [6.07, 6.45) is 6.29. The van der Waals surface area contributed by atoms with E-state index in [4.69, 9.17) is 5.11 Å². The number of nitrogens with zero attached hydrogens (tertiary/aromatic N) is 1. The Balaban J connectivity index is 1.87. The molecule has 114 valence electrons. The summed E-state index contributed by atoms with van der Waals surface area (Å²) in [5.74, 6) is -0.109. The molecule has 2 rings (SSSR count). The van der Waals surface area contributed by atoms with Gasteiger partial charge in [0.05, 0.1) is 5.92 Å². The summed E-state index contributed by atoms with van der Waals surface area (Å²) in [6, 6.07) is 0.378. The number of likely N-dealkylation sites (tertiary alicyclic amines) is 1. The lowest BCUT2D eigenvalue weighted by atomic mass is 10.1. The van der Waals surface area contributed by atoms with Crippen LogP contribution in [-0.2, 0) is 9.59 Å². The number of amides is 2. The van der Waals surface area contributed by atoms with Gasteiger partial charge in [0.1, 0.15) is 0 Å². The molecule has 1 aliphatic carbocycles. The van der Waals surface area contributed by atoms with Gasteiger partial charge in [0.2, 0.25) is 11.8 Å². The Hall–Kier alpha value is -1.10. The number of rotatable bonds is 6. The number of nitrogens with one attached hydrogen (secondary N) is 1. The average Bonchev–Trinajstić information content (AvgIpc) is 3.06. The molecule has 20 heavy (non-hydrogen) atoms. The van der Waals surface area contributed by atoms with E-state index in [1.54, 1.807) is 0 Å². The Bertz CT molecular complexity index is 353. The van der Waals surface area contributed by atoms with Crippen molar-refractivity contribution in [2.24, 2.45) is 5.92 Å². The van der Waals surface area contributed by atoms with Crippen LogP contribution in [0.3, 0.4) is 0 Å². The predicted molar refractivity (Wildman–Crippen MR) is 76.0 cm³/mol. The van der Waals surface area contributed by atoms with Crippen LogP contribution >= 0.6 is 0 Å². The molecule has 2 aliphatic rings. The third-order valence-corrected chi connectivity index (χ3v) is 4.61. The molecule has 2 fully saturated rings. The largest absolute Gasteiger partial charge is 0.396 e. The molecule has 1 saturated heterocycles. The van der Waals surface area contributed by atoms with Gasteiger partial charge in [-0.05, 0) is 25.7 Å². The van der Waals surface area contributed by atoms with Crippen molar-refractivity contribution in [1.29, 1.82) is 0 Å². The van der Waals surface area contributed by atoms with E-state index in [-0.39, 0.29) is 30.4 Å². The van der Waals surface area contributed by atoms with E-state index in [9.17, 15) is 9.59 Å². The van der Waals surface area contributed by atoms with Crippen molar-refractivity contribution >= 4 is 11.8 Å². The van der Waals surface area contributed by atoms with Crippen LogP contribution in [0.5, 0.6) is 0 Å². The predicted octanol–water partition coefficient (Wildman–Crippen LogP) is 1.05. The summed E-state index contributed by atoms with van der Waals surface area (Å²) < 4.78 is 0. The van der Waals surface area contributed by atoms with Gasteiger partial charge in [0.25, 0.3) is 0 Å². The fourth-order valence-corrected chi connectivity index (χ4v) is 3.33. The van der Waals surface area contributed by atoms with Crippen molar-refractivity contribution in [2.45, 2.75) is 64.0 Å². The van der Waals surface area contributed by atoms with Gasteiger partial charge in [-0.15, -0.1) is 0 Å². The fraction of sp³-hybridized carbons (Fsp3) is 0.867. The maximum atomic E-state index is 12.2. The molecule has 2 amide bonds. The van der Waals surface area contributed by atoms with Gasteiger partial charge in [0, 0.05) is 31.7 Å². The van der Waals surface area contributed by atoms with Crippen molar-refractivity contribution in [1.82, 2.24) is 10.2 Å². The average molecular weight is 282 g/mol. The first-order valence-corrected chi connectivity index (χ1v) is 7.86. The summed E-state index contributed by atoms with van der Waals surface area (Å²) >= 11 is 0. The Labute approximate surface area is 120 Å². The van der Waals surface area contributed by atoms with Gasteiger partial charge in [-0.2, -0.15) is 0 Å². The third kappa shape index (κ3) is 3.51. The summed E-state index contributed by atoms with van der Waals surface area (Å²) in [5.41, 5.74) is 0. The zero-order chi connectivity index (χ0) is 14.5. The van der Waals surface area contributed by atoms with E-state index in [1.807, 2.05) is 11.8 Å². The standard InChI is InChI=1S/C15H26N2O3/c1-2-12(7-8-18)16-15(20)11-9-14(19)17(10-11)13-5-3-4-6-13/h11-13,18H,2-10H2,1H3,(H,16,20). The van der Waals surface area contributed by atoms with E-state index in [0.717, 1.165) is 19.3 Å². The summed E-state index contributed by atoms with van der Waals surface area (Å²) in [7, 11) is 0. The number of aliphatic hydroxyl groups is 1. The molecule has 0 aromatic carbocycles. The maximum Gasteiger partial charge on any atom is 0.225 e. The van der Waals surface area contributed by atoms with Crippen LogP contribution in [0.2, 0.25) is 0 Å². The van der Waals surface area contributed by atoms with Crippen molar-refractivity contribution in [2.75, 3.05) is 13.2 Å². The summed E-state index contributed by atoms with van der Waals surface area (Å²) in [5, 5.41) is 11.9. The van der Waals surface area contributed by atoms with Gasteiger partial charge in [0.15, 0.2) is 0 Å². The molecule has 1 heterocycles. The Morgan fingerprint density at radius 2 is 2.15 bits per heavy atom. The van der Waals surface area contributed by atoms with Crippen molar-refractivity contribution in [3.05, 3.63) is 0 Å². The Morgan fingerprint density at radius 3 is 2.75 bits per heavy atom. The molecule has 0 spiro atoms. The van der Waals surface area contributed by atoms with E-state index < -0.39 is 0 Å². The highest BCUT2D eigenvalue weighted by molar-refractivity contribution is 5.89. The van der Waals surface area contributed by atoms with E-state index in [2.05, 4.69) is 5.32 Å². The van der Waals surface area contributed by atoms with Crippen LogP contribution in [0, 0.1) is 5.92 Å². The normalized spacial score (nSPS) is 25.2. The molecule has 1 saturated carbocycles. The molecule has 5 nitrogen and oxygen atoms in total. The molecule has 0 aromatic heterocycles. The van der Waals surface area contributed by atoms with Crippen LogP contribution < -0.4 is 5.32 Å². The number of carbonyl (C=O) groups excluding carboxylic acids is 2. The number of aliphatic hydroxyl groups excluding tert-OH is 1. The lowest BCUT2D eigenvalue weighted by molar-refractivity contribution is -0.130. The summed E-state index contributed by atoms with van der Waals surface area (Å²) in [6.45, 7) is 2.65. The molecular formula is C15H26N2O3. The third-order valence-electron chi connectivity index (χ3n) is 4.61. The molecule has 0 aromatic rings. The smallest absolute Gasteiger partial charge is 0.225 e. The van der Waals surface area contributed by atoms with E-state index in [1.165, 1.54) is 12.8 Å². The van der Waals surface area contributed by atoms with Crippen molar-refractivity contribution in [3.8, 4) is 0 Å². The number of carbonyl (C=O) groups is 2. The van der Waals surface area contributed by atoms with Gasteiger partial charge in [-0.1, -0.05) is 19.8 Å². The SMILES string of the molecule is CCC(CCO)NC(=O)C1CC(=O)N(C2CCCC2)C1. The quantitative estimate of drug-likeness (QED) is 0.765. The van der Waals surface area contributed by atoms with Crippen LogP contribution in [-0.4, -0.2) is 47.1 Å². The lowest BCUT2D eigenvalue weighted by Crippen LogP contribution is -2.41. The Morgan fingerprint density at radius 1 is 1.45 bits per heavy atom. The minimum absolute atomic E-state index is 0.0168. The van der Waals surface area contributed by atoms with E-state index in [0.29, 0.717) is 25.4 Å². The van der Waals surface area contributed by atoms with Crippen LogP contribution in [0.25, 0.3) is 0 Å². The topological polar surface area (TPSA) is 69.6 Å². The van der Waals surface area contributed by atoms with Crippen LogP contribution in [0.4, 0.5) is 0 Å². The second-order valence-corrected chi connectivity index (χ2v) is 6.01. The zero-order valence-corrected chi connectivity index (χ0v) is 12.3. The molecular weight excluding hydrogens is 256 g/mol. The highest BCUT2D eigenvalue weighted by Crippen LogP contribution is 2.29. The first-order valence-electron chi connectivity index (χ1n) is 7.86. The summed E-state index contributed by atoms with van der Waals surface area (Å²) in [4.78, 5) is 26.2. The lowest BCUT2D eigenvalue weighted by Gasteiger charge is -2.24.